The van der Waals surface area contributed by atoms with Gasteiger partial charge in [0, 0.05) is 6.42 Å². The Labute approximate surface area is 171 Å². The Morgan fingerprint density at radius 2 is 2.00 bits per heavy atom. The molecule has 2 heterocycles. The van der Waals surface area contributed by atoms with Crippen molar-refractivity contribution in [2.75, 3.05) is 6.61 Å². The summed E-state index contributed by atoms with van der Waals surface area (Å²) < 4.78 is 18.9. The highest BCUT2D eigenvalue weighted by Gasteiger charge is 2.17. The molecule has 9 heteroatoms. The number of aryl methyl sites for hydroxylation is 2. The second kappa shape index (κ2) is 9.84. The van der Waals surface area contributed by atoms with Crippen molar-refractivity contribution in [3.63, 3.8) is 0 Å². The normalized spacial score (nSPS) is 11.8. The topological polar surface area (TPSA) is 89.3 Å². The van der Waals surface area contributed by atoms with E-state index in [1.807, 2.05) is 27.7 Å². The molecule has 0 fully saturated rings. The van der Waals surface area contributed by atoms with Crippen molar-refractivity contribution in [1.82, 2.24) is 19.6 Å². The lowest BCUT2D eigenvalue weighted by atomic mass is 10.2. The van der Waals surface area contributed by atoms with Gasteiger partial charge in [0.2, 0.25) is 0 Å². The maximum absolute atomic E-state index is 12.6. The SMILES string of the molecule is CC.CCCc1nc(C)c2c(=O)[nH]c(-c3cc(S(=O)Cl)ccc3OCC)nn12. The predicted molar refractivity (Wildman–Crippen MR) is 113 cm³/mol. The average molecular weight is 425 g/mol. The van der Waals surface area contributed by atoms with Crippen LogP contribution in [0.15, 0.2) is 27.9 Å². The molecule has 0 aliphatic rings. The van der Waals surface area contributed by atoms with Crippen LogP contribution in [0.5, 0.6) is 5.75 Å². The molecule has 2 aromatic heterocycles. The molecule has 0 aliphatic heterocycles. The van der Waals surface area contributed by atoms with Crippen molar-refractivity contribution < 1.29 is 8.95 Å². The largest absolute Gasteiger partial charge is 0.493 e. The Balaban J connectivity index is 0.00000136. The van der Waals surface area contributed by atoms with Gasteiger partial charge in [-0.25, -0.2) is 13.7 Å². The molecule has 0 saturated carbocycles. The van der Waals surface area contributed by atoms with Crippen LogP contribution in [0.25, 0.3) is 16.9 Å². The number of ether oxygens (including phenoxy) is 1. The number of nitrogens with one attached hydrogen (secondary N) is 1. The number of fused-ring (bicyclic) bond motifs is 1. The van der Waals surface area contributed by atoms with E-state index in [-0.39, 0.29) is 5.56 Å². The number of hydrogen-bond donors (Lipinski definition) is 1. The molecule has 0 amide bonds. The smallest absolute Gasteiger partial charge is 0.277 e. The molecular weight excluding hydrogens is 400 g/mol. The van der Waals surface area contributed by atoms with Crippen molar-refractivity contribution in [3.8, 4) is 17.1 Å². The Morgan fingerprint density at radius 1 is 1.29 bits per heavy atom. The van der Waals surface area contributed by atoms with Crippen LogP contribution in [0.3, 0.4) is 0 Å². The van der Waals surface area contributed by atoms with E-state index in [0.29, 0.717) is 46.3 Å². The minimum atomic E-state index is -1.68. The Morgan fingerprint density at radius 3 is 2.61 bits per heavy atom. The second-order valence-electron chi connectivity index (χ2n) is 5.74. The van der Waals surface area contributed by atoms with Gasteiger partial charge in [-0.2, -0.15) is 0 Å². The first kappa shape index (κ1) is 22.1. The fourth-order valence-corrected chi connectivity index (χ4v) is 3.49. The molecule has 152 valence electrons. The second-order valence-corrected chi connectivity index (χ2v) is 7.50. The molecule has 0 bridgehead atoms. The molecule has 0 radical (unpaired) electrons. The van der Waals surface area contributed by atoms with Gasteiger partial charge in [0.05, 0.1) is 22.8 Å². The summed E-state index contributed by atoms with van der Waals surface area (Å²) in [6, 6.07) is 4.91. The average Bonchev–Trinajstić information content (AvgIpc) is 3.00. The molecule has 1 atom stereocenters. The van der Waals surface area contributed by atoms with E-state index in [1.54, 1.807) is 29.6 Å². The van der Waals surface area contributed by atoms with Gasteiger partial charge in [0.25, 0.3) is 5.56 Å². The zero-order chi connectivity index (χ0) is 20.8. The zero-order valence-electron chi connectivity index (χ0n) is 16.7. The van der Waals surface area contributed by atoms with Gasteiger partial charge < -0.3 is 9.72 Å². The van der Waals surface area contributed by atoms with Crippen LogP contribution in [0.2, 0.25) is 0 Å². The predicted octanol–water partition coefficient (Wildman–Crippen LogP) is 4.03. The van der Waals surface area contributed by atoms with E-state index in [9.17, 15) is 9.00 Å². The zero-order valence-corrected chi connectivity index (χ0v) is 18.3. The molecular formula is C19H25ClN4O3S. The fourth-order valence-electron chi connectivity index (χ4n) is 2.82. The molecule has 1 aromatic carbocycles. The Kier molecular flexibility index (Phi) is 7.77. The number of imidazole rings is 1. The first-order valence-corrected chi connectivity index (χ1v) is 11.3. The number of hydrogen-bond acceptors (Lipinski definition) is 5. The van der Waals surface area contributed by atoms with Crippen molar-refractivity contribution >= 4 is 26.2 Å². The van der Waals surface area contributed by atoms with Gasteiger partial charge in [0.15, 0.2) is 11.3 Å². The first-order chi connectivity index (χ1) is 13.5. The molecule has 3 aromatic rings. The summed E-state index contributed by atoms with van der Waals surface area (Å²) in [5, 5.41) is 4.57. The summed E-state index contributed by atoms with van der Waals surface area (Å²) in [5.41, 5.74) is 1.29. The van der Waals surface area contributed by atoms with E-state index in [1.165, 1.54) is 0 Å². The summed E-state index contributed by atoms with van der Waals surface area (Å²) in [4.78, 5) is 20.3. The van der Waals surface area contributed by atoms with Gasteiger partial charge in [-0.05, 0) is 49.1 Å². The van der Waals surface area contributed by atoms with E-state index in [4.69, 9.17) is 15.4 Å². The van der Waals surface area contributed by atoms with Crippen LogP contribution in [0.4, 0.5) is 0 Å². The van der Waals surface area contributed by atoms with Crippen LogP contribution in [-0.2, 0) is 16.4 Å². The van der Waals surface area contributed by atoms with Crippen LogP contribution >= 0.6 is 10.7 Å². The fraction of sp³-hybridized carbons (Fsp3) is 0.421. The highest BCUT2D eigenvalue weighted by Crippen LogP contribution is 2.30. The van der Waals surface area contributed by atoms with Gasteiger partial charge >= 0.3 is 0 Å². The molecule has 28 heavy (non-hydrogen) atoms. The summed E-state index contributed by atoms with van der Waals surface area (Å²) in [7, 11) is 4.03. The molecule has 7 nitrogen and oxygen atoms in total. The standard InChI is InChI=1S/C17H19ClN4O3S.C2H6/c1-4-6-14-19-10(3)15-17(23)20-16(21-22(14)15)12-9-11(26(18)24)7-8-13(12)25-5-2;1-2/h7-9H,4-6H2,1-3H3,(H,20,21,23);1-2H3. The number of benzene rings is 1. The Hall–Kier alpha value is -2.19. The van der Waals surface area contributed by atoms with Gasteiger partial charge in [0.1, 0.15) is 21.6 Å². The molecule has 0 aliphatic carbocycles. The van der Waals surface area contributed by atoms with Gasteiger partial charge in [-0.15, -0.1) is 5.10 Å². The van der Waals surface area contributed by atoms with E-state index >= 15 is 0 Å². The maximum atomic E-state index is 12.6. The van der Waals surface area contributed by atoms with Crippen molar-refractivity contribution in [1.29, 1.82) is 0 Å². The van der Waals surface area contributed by atoms with Crippen molar-refractivity contribution in [2.45, 2.75) is 52.4 Å². The molecule has 1 N–H and O–H groups in total. The lowest BCUT2D eigenvalue weighted by Gasteiger charge is -2.11. The van der Waals surface area contributed by atoms with Gasteiger partial charge in [-0.1, -0.05) is 20.8 Å². The number of nitrogens with zero attached hydrogens (tertiary/aromatic N) is 3. The number of aromatic amines is 1. The minimum Gasteiger partial charge on any atom is -0.493 e. The van der Waals surface area contributed by atoms with Crippen LogP contribution in [-0.4, -0.2) is 30.4 Å². The number of rotatable bonds is 6. The number of H-pyrrole nitrogens is 1. The van der Waals surface area contributed by atoms with E-state index in [0.717, 1.165) is 12.2 Å². The first-order valence-electron chi connectivity index (χ1n) is 9.30. The highest BCUT2D eigenvalue weighted by atomic mass is 35.7. The molecule has 1 unspecified atom stereocenters. The third-order valence-corrected chi connectivity index (χ3v) is 5.07. The van der Waals surface area contributed by atoms with Gasteiger partial charge in [-0.3, -0.25) is 4.79 Å². The van der Waals surface area contributed by atoms with Crippen molar-refractivity contribution in [2.24, 2.45) is 0 Å². The Bertz CT molecular complexity index is 1050. The molecule has 0 saturated heterocycles. The summed E-state index contributed by atoms with van der Waals surface area (Å²) in [5.74, 6) is 1.56. The molecule has 0 spiro atoms. The van der Waals surface area contributed by atoms with E-state index in [2.05, 4.69) is 15.1 Å². The molecule has 3 rings (SSSR count). The summed E-state index contributed by atoms with van der Waals surface area (Å²) in [6.45, 7) is 10.1. The van der Waals surface area contributed by atoms with Crippen LogP contribution < -0.4 is 10.3 Å². The lowest BCUT2D eigenvalue weighted by Crippen LogP contribution is -2.16. The third kappa shape index (κ3) is 4.44. The summed E-state index contributed by atoms with van der Waals surface area (Å²) in [6.07, 6.45) is 1.59. The van der Waals surface area contributed by atoms with E-state index < -0.39 is 10.0 Å². The number of aromatic nitrogens is 4. The third-order valence-electron chi connectivity index (χ3n) is 3.91. The highest BCUT2D eigenvalue weighted by molar-refractivity contribution is 8.08. The lowest BCUT2D eigenvalue weighted by molar-refractivity contribution is 0.341. The van der Waals surface area contributed by atoms with Crippen molar-refractivity contribution in [3.05, 3.63) is 40.1 Å². The van der Waals surface area contributed by atoms with Crippen LogP contribution in [0, 0.1) is 6.92 Å². The monoisotopic (exact) mass is 424 g/mol. The minimum absolute atomic E-state index is 0.290. The number of halogens is 1. The maximum Gasteiger partial charge on any atom is 0.277 e. The van der Waals surface area contributed by atoms with Crippen LogP contribution in [0.1, 0.15) is 45.6 Å². The summed E-state index contributed by atoms with van der Waals surface area (Å²) >= 11 is 0. The quantitative estimate of drug-likeness (QED) is 0.603.